The molecule has 0 atom stereocenters. The van der Waals surface area contributed by atoms with Crippen LogP contribution < -0.4 is 10.7 Å². The minimum absolute atomic E-state index is 0.0476. The molecule has 6 nitrogen and oxygen atoms in total. The summed E-state index contributed by atoms with van der Waals surface area (Å²) in [4.78, 5) is 39.2. The van der Waals surface area contributed by atoms with E-state index in [1.807, 2.05) is 0 Å². The number of aromatic carboxylic acids is 1. The van der Waals surface area contributed by atoms with Crippen molar-refractivity contribution in [3.63, 3.8) is 0 Å². The first kappa shape index (κ1) is 16.7. The lowest BCUT2D eigenvalue weighted by molar-refractivity contribution is 0.0698. The van der Waals surface area contributed by atoms with Gasteiger partial charge in [0.25, 0.3) is 5.91 Å². The zero-order chi connectivity index (χ0) is 18.1. The smallest absolute Gasteiger partial charge is 0.337 e. The fraction of sp³-hybridized carbons (Fsp3) is 0.0556. The van der Waals surface area contributed by atoms with Crippen molar-refractivity contribution >= 4 is 40.1 Å². The molecule has 0 aliphatic carbocycles. The summed E-state index contributed by atoms with van der Waals surface area (Å²) in [6, 6.07) is 9.35. The molecule has 3 N–H and O–H groups in total. The normalized spacial score (nSPS) is 10.6. The third-order valence-electron chi connectivity index (χ3n) is 3.74. The third kappa shape index (κ3) is 3.25. The number of amides is 1. The zero-order valence-electron chi connectivity index (χ0n) is 13.1. The van der Waals surface area contributed by atoms with Gasteiger partial charge >= 0.3 is 5.97 Å². The number of aromatic amines is 1. The molecule has 0 unspecified atom stereocenters. The van der Waals surface area contributed by atoms with E-state index in [0.29, 0.717) is 10.5 Å². The molecule has 126 valence electrons. The lowest BCUT2D eigenvalue weighted by Gasteiger charge is -2.09. The third-order valence-corrected chi connectivity index (χ3v) is 3.98. The summed E-state index contributed by atoms with van der Waals surface area (Å²) in [5.41, 5.74) is 0.743. The van der Waals surface area contributed by atoms with Gasteiger partial charge in [-0.25, -0.2) is 4.79 Å². The molecule has 1 amide bonds. The molecule has 25 heavy (non-hydrogen) atoms. The van der Waals surface area contributed by atoms with Gasteiger partial charge in [0.1, 0.15) is 5.56 Å². The Morgan fingerprint density at radius 1 is 1.12 bits per heavy atom. The highest BCUT2D eigenvalue weighted by molar-refractivity contribution is 6.31. The fourth-order valence-corrected chi connectivity index (χ4v) is 2.67. The van der Waals surface area contributed by atoms with Crippen LogP contribution in [-0.2, 0) is 0 Å². The first-order chi connectivity index (χ1) is 11.9. The van der Waals surface area contributed by atoms with Crippen molar-refractivity contribution in [2.75, 3.05) is 5.32 Å². The number of carbonyl (C=O) groups is 2. The number of H-pyrrole nitrogens is 1. The van der Waals surface area contributed by atoms with Crippen molar-refractivity contribution in [3.8, 4) is 0 Å². The topological polar surface area (TPSA) is 99.3 Å². The molecule has 3 aromatic rings. The van der Waals surface area contributed by atoms with Gasteiger partial charge in [-0.15, -0.1) is 0 Å². The largest absolute Gasteiger partial charge is 0.478 e. The number of aromatic nitrogens is 1. The molecule has 0 spiro atoms. The molecule has 1 heterocycles. The summed E-state index contributed by atoms with van der Waals surface area (Å²) in [7, 11) is 0. The molecule has 0 aliphatic rings. The minimum atomic E-state index is -1.17. The van der Waals surface area contributed by atoms with Gasteiger partial charge < -0.3 is 15.4 Å². The van der Waals surface area contributed by atoms with Crippen LogP contribution in [0.1, 0.15) is 26.3 Å². The lowest BCUT2D eigenvalue weighted by Crippen LogP contribution is -2.23. The van der Waals surface area contributed by atoms with E-state index >= 15 is 0 Å². The van der Waals surface area contributed by atoms with Crippen LogP contribution in [0, 0.1) is 6.92 Å². The maximum absolute atomic E-state index is 12.5. The van der Waals surface area contributed by atoms with Gasteiger partial charge in [0.15, 0.2) is 0 Å². The molecule has 2 aromatic carbocycles. The van der Waals surface area contributed by atoms with E-state index in [9.17, 15) is 19.5 Å². The highest BCUT2D eigenvalue weighted by Crippen LogP contribution is 2.19. The number of hydrogen-bond donors (Lipinski definition) is 3. The van der Waals surface area contributed by atoms with Gasteiger partial charge in [-0.3, -0.25) is 9.59 Å². The molecule has 0 aliphatic heterocycles. The van der Waals surface area contributed by atoms with Crippen molar-refractivity contribution < 1.29 is 14.7 Å². The summed E-state index contributed by atoms with van der Waals surface area (Å²) >= 11 is 5.90. The number of rotatable bonds is 3. The number of carboxylic acid groups (broad SMARTS) is 1. The summed E-state index contributed by atoms with van der Waals surface area (Å²) in [6.45, 7) is 1.75. The summed E-state index contributed by atoms with van der Waals surface area (Å²) in [5, 5.41) is 12.4. The minimum Gasteiger partial charge on any atom is -0.478 e. The summed E-state index contributed by atoms with van der Waals surface area (Å²) in [5.74, 6) is -1.87. The van der Waals surface area contributed by atoms with Crippen molar-refractivity contribution in [1.82, 2.24) is 4.98 Å². The molecule has 0 radical (unpaired) electrons. The number of carbonyl (C=O) groups excluding carboxylic acids is 1. The number of hydrogen-bond acceptors (Lipinski definition) is 3. The van der Waals surface area contributed by atoms with E-state index < -0.39 is 17.3 Å². The quantitative estimate of drug-likeness (QED) is 0.669. The monoisotopic (exact) mass is 356 g/mol. The van der Waals surface area contributed by atoms with E-state index in [0.717, 1.165) is 5.56 Å². The van der Waals surface area contributed by atoms with Gasteiger partial charge in [-0.2, -0.15) is 0 Å². The number of nitrogens with one attached hydrogen (secondary N) is 2. The number of halogens is 1. The van der Waals surface area contributed by atoms with Gasteiger partial charge in [0.05, 0.1) is 11.3 Å². The van der Waals surface area contributed by atoms with Gasteiger partial charge in [-0.05, 0) is 37.3 Å². The van der Waals surface area contributed by atoms with Crippen molar-refractivity contribution in [1.29, 1.82) is 0 Å². The molecule has 1 aromatic heterocycles. The van der Waals surface area contributed by atoms with E-state index in [2.05, 4.69) is 10.3 Å². The SMILES string of the molecule is Cc1ccc(NC(=O)c2c[nH]c3ccc(Cl)cc3c2=O)c(C(=O)O)c1. The Balaban J connectivity index is 2.03. The standard InChI is InChI=1S/C18H13ClN2O4/c1-9-2-4-15(12(6-9)18(24)25)21-17(23)13-8-20-14-5-3-10(19)7-11(14)16(13)22/h2-8H,1H3,(H,20,22)(H,21,23)(H,24,25). The van der Waals surface area contributed by atoms with Crippen LogP contribution in [0.4, 0.5) is 5.69 Å². The Labute approximate surface area is 147 Å². The number of pyridine rings is 1. The van der Waals surface area contributed by atoms with Crippen LogP contribution in [0.2, 0.25) is 5.02 Å². The molecule has 0 bridgehead atoms. The average molecular weight is 357 g/mol. The van der Waals surface area contributed by atoms with Gasteiger partial charge in [0, 0.05) is 22.1 Å². The molecule has 7 heteroatoms. The van der Waals surface area contributed by atoms with E-state index in [-0.39, 0.29) is 22.2 Å². The highest BCUT2D eigenvalue weighted by Gasteiger charge is 2.17. The number of anilines is 1. The first-order valence-electron chi connectivity index (χ1n) is 7.33. The Morgan fingerprint density at radius 2 is 1.88 bits per heavy atom. The maximum atomic E-state index is 12.5. The second-order valence-electron chi connectivity index (χ2n) is 5.53. The Bertz CT molecular complexity index is 1070. The second kappa shape index (κ2) is 6.41. The van der Waals surface area contributed by atoms with Crippen LogP contribution in [0.15, 0.2) is 47.4 Å². The van der Waals surface area contributed by atoms with Crippen LogP contribution in [0.25, 0.3) is 10.9 Å². The predicted octanol–water partition coefficient (Wildman–Crippen LogP) is 3.44. The Hall–Kier alpha value is -3.12. The number of carboxylic acids is 1. The number of fused-ring (bicyclic) bond motifs is 1. The zero-order valence-corrected chi connectivity index (χ0v) is 13.8. The molecular weight excluding hydrogens is 344 g/mol. The molecular formula is C18H13ClN2O4. The van der Waals surface area contributed by atoms with Crippen molar-refractivity contribution in [2.45, 2.75) is 6.92 Å². The fourth-order valence-electron chi connectivity index (χ4n) is 2.49. The van der Waals surface area contributed by atoms with E-state index in [1.165, 1.54) is 24.4 Å². The van der Waals surface area contributed by atoms with Gasteiger partial charge in [0.2, 0.25) is 5.43 Å². The second-order valence-corrected chi connectivity index (χ2v) is 5.97. The average Bonchev–Trinajstić information content (AvgIpc) is 2.57. The summed E-state index contributed by atoms with van der Waals surface area (Å²) < 4.78 is 0. The van der Waals surface area contributed by atoms with Crippen molar-refractivity contribution in [2.24, 2.45) is 0 Å². The Kier molecular flexibility index (Phi) is 4.29. The lowest BCUT2D eigenvalue weighted by atomic mass is 10.1. The highest BCUT2D eigenvalue weighted by atomic mass is 35.5. The van der Waals surface area contributed by atoms with E-state index in [1.54, 1.807) is 25.1 Å². The molecule has 3 rings (SSSR count). The van der Waals surface area contributed by atoms with E-state index in [4.69, 9.17) is 11.6 Å². The van der Waals surface area contributed by atoms with Crippen LogP contribution >= 0.6 is 11.6 Å². The molecule has 0 saturated carbocycles. The first-order valence-corrected chi connectivity index (χ1v) is 7.71. The van der Waals surface area contributed by atoms with Gasteiger partial charge in [-0.1, -0.05) is 23.2 Å². The van der Waals surface area contributed by atoms with Crippen molar-refractivity contribution in [3.05, 3.63) is 74.5 Å². The van der Waals surface area contributed by atoms with Crippen LogP contribution in [0.3, 0.4) is 0 Å². The van der Waals surface area contributed by atoms with Crippen LogP contribution in [-0.4, -0.2) is 22.0 Å². The predicted molar refractivity (Wildman–Crippen MR) is 95.7 cm³/mol. The number of benzene rings is 2. The Morgan fingerprint density at radius 3 is 2.60 bits per heavy atom. The molecule has 0 fully saturated rings. The summed E-state index contributed by atoms with van der Waals surface area (Å²) in [6.07, 6.45) is 1.29. The maximum Gasteiger partial charge on any atom is 0.337 e. The number of aryl methyl sites for hydroxylation is 1. The molecule has 0 saturated heterocycles. The van der Waals surface area contributed by atoms with Crippen LogP contribution in [0.5, 0.6) is 0 Å².